The highest BCUT2D eigenvalue weighted by atomic mass is 35.5. The van der Waals surface area contributed by atoms with Gasteiger partial charge < -0.3 is 16.9 Å². The van der Waals surface area contributed by atoms with E-state index in [0.29, 0.717) is 6.42 Å². The lowest BCUT2D eigenvalue weighted by Gasteiger charge is -2.29. The third kappa shape index (κ3) is 5.08. The Hall–Kier alpha value is -1.16. The van der Waals surface area contributed by atoms with Gasteiger partial charge in [-0.1, -0.05) is 36.4 Å². The summed E-state index contributed by atoms with van der Waals surface area (Å²) in [7, 11) is 4.35. The van der Waals surface area contributed by atoms with Gasteiger partial charge in [0.15, 0.2) is 5.78 Å². The SMILES string of the molecule is C[N+](C)(CCC(=O)c1cccs1)Cc1ccccc1.[Cl-]. The van der Waals surface area contributed by atoms with Gasteiger partial charge in [0.2, 0.25) is 0 Å². The first-order chi connectivity index (χ1) is 9.07. The molecule has 0 saturated heterocycles. The number of thiophene rings is 1. The number of hydrogen-bond donors (Lipinski definition) is 0. The minimum Gasteiger partial charge on any atom is -1.00 e. The molecule has 0 atom stereocenters. The first-order valence-corrected chi connectivity index (χ1v) is 7.37. The largest absolute Gasteiger partial charge is 1.00 e. The maximum atomic E-state index is 12.0. The molecule has 0 aliphatic rings. The van der Waals surface area contributed by atoms with Crippen molar-refractivity contribution in [3.63, 3.8) is 0 Å². The number of nitrogens with zero attached hydrogens (tertiary/aromatic N) is 1. The van der Waals surface area contributed by atoms with Crippen molar-refractivity contribution in [1.29, 1.82) is 0 Å². The first kappa shape index (κ1) is 16.9. The number of carbonyl (C=O) groups is 1. The lowest BCUT2D eigenvalue weighted by Crippen LogP contribution is -3.00. The fourth-order valence-corrected chi connectivity index (χ4v) is 2.82. The maximum Gasteiger partial charge on any atom is 0.178 e. The van der Waals surface area contributed by atoms with Crippen LogP contribution in [0.4, 0.5) is 0 Å². The van der Waals surface area contributed by atoms with Gasteiger partial charge in [-0.2, -0.15) is 0 Å². The van der Waals surface area contributed by atoms with Crippen LogP contribution in [0.2, 0.25) is 0 Å². The van der Waals surface area contributed by atoms with Crippen LogP contribution in [0.1, 0.15) is 21.7 Å². The summed E-state index contributed by atoms with van der Waals surface area (Å²) in [6.45, 7) is 1.82. The number of carbonyl (C=O) groups excluding carboxylic acids is 1. The summed E-state index contributed by atoms with van der Waals surface area (Å²) in [5.41, 5.74) is 1.32. The van der Waals surface area contributed by atoms with Crippen molar-refractivity contribution < 1.29 is 21.7 Å². The molecule has 0 radical (unpaired) electrons. The van der Waals surface area contributed by atoms with Gasteiger partial charge >= 0.3 is 0 Å². The Kier molecular flexibility index (Phi) is 6.40. The van der Waals surface area contributed by atoms with Gasteiger partial charge in [0.05, 0.1) is 31.9 Å². The van der Waals surface area contributed by atoms with Crippen molar-refractivity contribution in [2.24, 2.45) is 0 Å². The molecule has 0 amide bonds. The van der Waals surface area contributed by atoms with Crippen LogP contribution in [0.3, 0.4) is 0 Å². The van der Waals surface area contributed by atoms with Gasteiger partial charge in [0.1, 0.15) is 6.54 Å². The summed E-state index contributed by atoms with van der Waals surface area (Å²) in [5.74, 6) is 0.259. The smallest absolute Gasteiger partial charge is 0.178 e. The summed E-state index contributed by atoms with van der Waals surface area (Å²) in [4.78, 5) is 12.9. The molecule has 0 fully saturated rings. The van der Waals surface area contributed by atoms with Crippen LogP contribution in [0.25, 0.3) is 0 Å². The predicted molar refractivity (Wildman–Crippen MR) is 80.4 cm³/mol. The fraction of sp³-hybridized carbons (Fsp3) is 0.312. The average molecular weight is 310 g/mol. The molecule has 2 aromatic rings. The second-order valence-electron chi connectivity index (χ2n) is 5.45. The van der Waals surface area contributed by atoms with E-state index < -0.39 is 0 Å². The highest BCUT2D eigenvalue weighted by molar-refractivity contribution is 7.12. The third-order valence-corrected chi connectivity index (χ3v) is 4.10. The fourth-order valence-electron chi connectivity index (χ4n) is 2.12. The van der Waals surface area contributed by atoms with Crippen molar-refractivity contribution in [1.82, 2.24) is 0 Å². The van der Waals surface area contributed by atoms with Gasteiger partial charge in [-0.05, 0) is 11.4 Å². The van der Waals surface area contributed by atoms with Crippen molar-refractivity contribution >= 4 is 17.1 Å². The van der Waals surface area contributed by atoms with Crippen LogP contribution < -0.4 is 12.4 Å². The molecule has 1 heterocycles. The van der Waals surface area contributed by atoms with Gasteiger partial charge in [-0.15, -0.1) is 11.3 Å². The molecule has 0 saturated carbocycles. The lowest BCUT2D eigenvalue weighted by molar-refractivity contribution is -0.903. The minimum absolute atomic E-state index is 0. The predicted octanol–water partition coefficient (Wildman–Crippen LogP) is 0.602. The number of halogens is 1. The number of rotatable bonds is 6. The Morgan fingerprint density at radius 2 is 1.80 bits per heavy atom. The summed E-state index contributed by atoms with van der Waals surface area (Å²) in [6.07, 6.45) is 0.611. The van der Waals surface area contributed by atoms with E-state index in [1.165, 1.54) is 16.9 Å². The zero-order valence-corrected chi connectivity index (χ0v) is 13.5. The Morgan fingerprint density at radius 3 is 2.40 bits per heavy atom. The van der Waals surface area contributed by atoms with E-state index in [2.05, 4.69) is 38.4 Å². The van der Waals surface area contributed by atoms with Gasteiger partial charge in [-0.25, -0.2) is 0 Å². The Labute approximate surface area is 131 Å². The number of Topliss-reactive ketones (excluding diaryl/α,β-unsaturated/α-hetero) is 1. The zero-order chi connectivity index (χ0) is 13.7. The van der Waals surface area contributed by atoms with Crippen LogP contribution in [0.15, 0.2) is 47.8 Å². The molecule has 2 nitrogen and oxygen atoms in total. The van der Waals surface area contributed by atoms with E-state index >= 15 is 0 Å². The third-order valence-electron chi connectivity index (χ3n) is 3.19. The highest BCUT2D eigenvalue weighted by Crippen LogP contribution is 2.14. The Balaban J connectivity index is 0.00000200. The molecule has 0 aliphatic carbocycles. The number of ketones is 1. The van der Waals surface area contributed by atoms with E-state index in [9.17, 15) is 4.79 Å². The molecule has 2 rings (SSSR count). The van der Waals surface area contributed by atoms with Crippen LogP contribution in [-0.2, 0) is 6.54 Å². The van der Waals surface area contributed by atoms with Gasteiger partial charge in [0, 0.05) is 5.56 Å². The van der Waals surface area contributed by atoms with Crippen molar-refractivity contribution in [2.75, 3.05) is 20.6 Å². The van der Waals surface area contributed by atoms with Crippen molar-refractivity contribution in [3.8, 4) is 0 Å². The van der Waals surface area contributed by atoms with Crippen LogP contribution in [0, 0.1) is 0 Å². The maximum absolute atomic E-state index is 12.0. The van der Waals surface area contributed by atoms with Crippen LogP contribution in [-0.4, -0.2) is 30.9 Å². The summed E-state index contributed by atoms with van der Waals surface area (Å²) in [5, 5.41) is 1.96. The zero-order valence-electron chi connectivity index (χ0n) is 11.9. The standard InChI is InChI=1S/C16H20NOS.ClH/c1-17(2,13-14-7-4-3-5-8-14)11-10-15(18)16-9-6-12-19-16;/h3-9,12H,10-11,13H2,1-2H3;1H/q+1;/p-1. The molecular formula is C16H20ClNOS. The number of quaternary nitrogens is 1. The van der Waals surface area contributed by atoms with Gasteiger partial charge in [0.25, 0.3) is 0 Å². The number of hydrogen-bond acceptors (Lipinski definition) is 2. The second-order valence-corrected chi connectivity index (χ2v) is 6.40. The van der Waals surface area contributed by atoms with Crippen LogP contribution in [0.5, 0.6) is 0 Å². The van der Waals surface area contributed by atoms with Crippen LogP contribution >= 0.6 is 11.3 Å². The topological polar surface area (TPSA) is 17.1 Å². The van der Waals surface area contributed by atoms with E-state index in [1.807, 2.05) is 23.6 Å². The molecule has 1 aromatic carbocycles. The second kappa shape index (κ2) is 7.58. The van der Waals surface area contributed by atoms with Gasteiger partial charge in [-0.3, -0.25) is 4.79 Å². The summed E-state index contributed by atoms with van der Waals surface area (Å²) in [6, 6.07) is 14.3. The normalized spacial score (nSPS) is 10.9. The first-order valence-electron chi connectivity index (χ1n) is 6.49. The quantitative estimate of drug-likeness (QED) is 0.564. The Bertz CT molecular complexity index is 523. The highest BCUT2D eigenvalue weighted by Gasteiger charge is 2.18. The summed E-state index contributed by atoms with van der Waals surface area (Å²) < 4.78 is 0.834. The molecule has 0 unspecified atom stereocenters. The monoisotopic (exact) mass is 309 g/mol. The van der Waals surface area contributed by atoms with E-state index in [-0.39, 0.29) is 18.2 Å². The lowest BCUT2D eigenvalue weighted by atomic mass is 10.1. The number of benzene rings is 1. The van der Waals surface area contributed by atoms with Crippen molar-refractivity contribution in [3.05, 3.63) is 58.3 Å². The molecule has 20 heavy (non-hydrogen) atoms. The molecule has 0 N–H and O–H groups in total. The molecule has 4 heteroatoms. The molecule has 0 spiro atoms. The van der Waals surface area contributed by atoms with E-state index in [1.54, 1.807) is 0 Å². The minimum atomic E-state index is 0. The average Bonchev–Trinajstić information content (AvgIpc) is 2.91. The van der Waals surface area contributed by atoms with E-state index in [4.69, 9.17) is 0 Å². The molecule has 1 aromatic heterocycles. The van der Waals surface area contributed by atoms with Crippen molar-refractivity contribution in [2.45, 2.75) is 13.0 Å². The summed E-state index contributed by atoms with van der Waals surface area (Å²) >= 11 is 1.53. The molecule has 0 bridgehead atoms. The Morgan fingerprint density at radius 1 is 1.10 bits per heavy atom. The molecular weight excluding hydrogens is 290 g/mol. The molecule has 108 valence electrons. The molecule has 0 aliphatic heterocycles. The van der Waals surface area contributed by atoms with E-state index in [0.717, 1.165) is 22.4 Å².